The first-order chi connectivity index (χ1) is 10.2. The number of nitriles is 1. The van der Waals surface area contributed by atoms with Crippen molar-refractivity contribution >= 4 is 0 Å². The molecule has 0 aliphatic carbocycles. The lowest BCUT2D eigenvalue weighted by Crippen LogP contribution is -1.90. The maximum atomic E-state index is 9.45. The van der Waals surface area contributed by atoms with E-state index in [9.17, 15) is 5.26 Å². The van der Waals surface area contributed by atoms with E-state index in [0.29, 0.717) is 5.56 Å². The van der Waals surface area contributed by atoms with Crippen molar-refractivity contribution in [1.82, 2.24) is 9.78 Å². The van der Waals surface area contributed by atoms with Gasteiger partial charge in [-0.05, 0) is 30.2 Å². The summed E-state index contributed by atoms with van der Waals surface area (Å²) in [5.41, 5.74) is 5.72. The molecule has 0 radical (unpaired) electrons. The van der Waals surface area contributed by atoms with Gasteiger partial charge >= 0.3 is 0 Å². The molecule has 102 valence electrons. The second-order valence-electron chi connectivity index (χ2n) is 5.12. The van der Waals surface area contributed by atoms with Crippen LogP contribution in [0.3, 0.4) is 0 Å². The molecule has 0 amide bonds. The Morgan fingerprint density at radius 1 is 1.05 bits per heavy atom. The molecule has 1 aromatic heterocycles. The van der Waals surface area contributed by atoms with Gasteiger partial charge in [0.2, 0.25) is 0 Å². The van der Waals surface area contributed by atoms with Crippen molar-refractivity contribution in [2.45, 2.75) is 6.92 Å². The average Bonchev–Trinajstić information content (AvgIpc) is 2.93. The van der Waals surface area contributed by atoms with Gasteiger partial charge in [0.1, 0.15) is 0 Å². The molecule has 3 heteroatoms. The molecule has 0 unspecified atom stereocenters. The van der Waals surface area contributed by atoms with E-state index in [1.807, 2.05) is 49.6 Å². The van der Waals surface area contributed by atoms with Crippen LogP contribution in [0.5, 0.6) is 0 Å². The fraction of sp³-hybridized carbons (Fsp3) is 0.111. The Labute approximate surface area is 124 Å². The summed E-state index contributed by atoms with van der Waals surface area (Å²) in [6.45, 7) is 2.05. The van der Waals surface area contributed by atoms with E-state index in [-0.39, 0.29) is 0 Å². The van der Waals surface area contributed by atoms with Gasteiger partial charge in [0, 0.05) is 18.8 Å². The van der Waals surface area contributed by atoms with E-state index < -0.39 is 0 Å². The third-order valence-corrected chi connectivity index (χ3v) is 3.48. The molecule has 0 spiro atoms. The minimum absolute atomic E-state index is 0.670. The van der Waals surface area contributed by atoms with Crippen molar-refractivity contribution in [2.24, 2.45) is 7.05 Å². The van der Waals surface area contributed by atoms with Crippen LogP contribution in [0.25, 0.3) is 22.4 Å². The minimum atomic E-state index is 0.670. The van der Waals surface area contributed by atoms with Crippen molar-refractivity contribution < 1.29 is 0 Å². The summed E-state index contributed by atoms with van der Waals surface area (Å²) in [5, 5.41) is 13.8. The topological polar surface area (TPSA) is 41.6 Å². The zero-order valence-corrected chi connectivity index (χ0v) is 12.0. The van der Waals surface area contributed by atoms with Gasteiger partial charge in [-0.15, -0.1) is 0 Å². The number of rotatable bonds is 2. The van der Waals surface area contributed by atoms with Crippen LogP contribution in [-0.2, 0) is 7.05 Å². The van der Waals surface area contributed by atoms with Gasteiger partial charge in [0.15, 0.2) is 0 Å². The standard InChI is InChI=1S/C18H15N3/c1-13-4-3-5-14(10-13)17-7-6-15(11-16(17)12-19)18-8-9-21(2)20-18/h3-11H,1-2H3. The largest absolute Gasteiger partial charge is 0.275 e. The number of aryl methyl sites for hydroxylation is 2. The smallest absolute Gasteiger partial charge is 0.0998 e. The molecule has 0 saturated carbocycles. The fourth-order valence-corrected chi connectivity index (χ4v) is 2.43. The van der Waals surface area contributed by atoms with E-state index in [1.54, 1.807) is 4.68 Å². The van der Waals surface area contributed by atoms with Crippen LogP contribution in [0.1, 0.15) is 11.1 Å². The van der Waals surface area contributed by atoms with Gasteiger partial charge in [-0.25, -0.2) is 0 Å². The number of hydrogen-bond acceptors (Lipinski definition) is 2. The van der Waals surface area contributed by atoms with Crippen LogP contribution in [0.4, 0.5) is 0 Å². The summed E-state index contributed by atoms with van der Waals surface area (Å²) in [4.78, 5) is 0. The van der Waals surface area contributed by atoms with Crippen molar-refractivity contribution in [3.63, 3.8) is 0 Å². The third kappa shape index (κ3) is 2.56. The first-order valence-corrected chi connectivity index (χ1v) is 6.78. The molecule has 0 fully saturated rings. The molecule has 0 aliphatic rings. The number of aromatic nitrogens is 2. The zero-order valence-electron chi connectivity index (χ0n) is 12.0. The van der Waals surface area contributed by atoms with Crippen molar-refractivity contribution in [1.29, 1.82) is 5.26 Å². The van der Waals surface area contributed by atoms with E-state index in [1.165, 1.54) is 5.56 Å². The van der Waals surface area contributed by atoms with Gasteiger partial charge in [0.05, 0.1) is 17.3 Å². The van der Waals surface area contributed by atoms with Gasteiger partial charge in [-0.2, -0.15) is 10.4 Å². The summed E-state index contributed by atoms with van der Waals surface area (Å²) in [7, 11) is 1.88. The predicted molar refractivity (Wildman–Crippen MR) is 83.5 cm³/mol. The Morgan fingerprint density at radius 2 is 1.90 bits per heavy atom. The molecule has 21 heavy (non-hydrogen) atoms. The molecular weight excluding hydrogens is 258 g/mol. The van der Waals surface area contributed by atoms with Gasteiger partial charge in [-0.3, -0.25) is 4.68 Å². The molecule has 0 N–H and O–H groups in total. The molecule has 0 bridgehead atoms. The molecule has 3 rings (SSSR count). The fourth-order valence-electron chi connectivity index (χ4n) is 2.43. The molecule has 0 atom stereocenters. The van der Waals surface area contributed by atoms with Crippen LogP contribution in [0, 0.1) is 18.3 Å². The highest BCUT2D eigenvalue weighted by Gasteiger charge is 2.09. The molecule has 0 aliphatic heterocycles. The number of benzene rings is 2. The van der Waals surface area contributed by atoms with E-state index >= 15 is 0 Å². The van der Waals surface area contributed by atoms with Crippen molar-refractivity contribution in [3.8, 4) is 28.5 Å². The Hall–Kier alpha value is -2.86. The first kappa shape index (κ1) is 13.1. The number of hydrogen-bond donors (Lipinski definition) is 0. The lowest BCUT2D eigenvalue weighted by Gasteiger charge is -2.07. The lowest BCUT2D eigenvalue weighted by molar-refractivity contribution is 0.771. The van der Waals surface area contributed by atoms with Crippen molar-refractivity contribution in [2.75, 3.05) is 0 Å². The maximum absolute atomic E-state index is 9.45. The Balaban J connectivity index is 2.10. The molecule has 0 saturated heterocycles. The summed E-state index contributed by atoms with van der Waals surface area (Å²) in [6.07, 6.45) is 1.90. The highest BCUT2D eigenvalue weighted by atomic mass is 15.2. The van der Waals surface area contributed by atoms with Crippen LogP contribution in [0.15, 0.2) is 54.7 Å². The zero-order chi connectivity index (χ0) is 14.8. The molecule has 2 aromatic carbocycles. The Morgan fingerprint density at radius 3 is 2.57 bits per heavy atom. The van der Waals surface area contributed by atoms with Crippen LogP contribution in [0.2, 0.25) is 0 Å². The van der Waals surface area contributed by atoms with E-state index in [2.05, 4.69) is 30.2 Å². The van der Waals surface area contributed by atoms with E-state index in [0.717, 1.165) is 22.4 Å². The van der Waals surface area contributed by atoms with Gasteiger partial charge < -0.3 is 0 Å². The third-order valence-electron chi connectivity index (χ3n) is 3.48. The second kappa shape index (κ2) is 5.26. The first-order valence-electron chi connectivity index (χ1n) is 6.78. The monoisotopic (exact) mass is 273 g/mol. The van der Waals surface area contributed by atoms with Gasteiger partial charge in [0.25, 0.3) is 0 Å². The number of nitrogens with zero attached hydrogens (tertiary/aromatic N) is 3. The Kier molecular flexibility index (Phi) is 3.29. The summed E-state index contributed by atoms with van der Waals surface area (Å²) in [5.74, 6) is 0. The quantitative estimate of drug-likeness (QED) is 0.709. The molecule has 3 nitrogen and oxygen atoms in total. The summed E-state index contributed by atoms with van der Waals surface area (Å²) in [6, 6.07) is 18.3. The molecule has 1 heterocycles. The highest BCUT2D eigenvalue weighted by Crippen LogP contribution is 2.28. The van der Waals surface area contributed by atoms with Crippen LogP contribution < -0.4 is 0 Å². The normalized spacial score (nSPS) is 10.3. The molecule has 3 aromatic rings. The summed E-state index contributed by atoms with van der Waals surface area (Å²) < 4.78 is 1.76. The average molecular weight is 273 g/mol. The van der Waals surface area contributed by atoms with Gasteiger partial charge in [-0.1, -0.05) is 42.0 Å². The lowest BCUT2D eigenvalue weighted by atomic mass is 9.96. The minimum Gasteiger partial charge on any atom is -0.275 e. The molecular formula is C18H15N3. The highest BCUT2D eigenvalue weighted by molar-refractivity contribution is 5.75. The SMILES string of the molecule is Cc1cccc(-c2ccc(-c3ccn(C)n3)cc2C#N)c1. The second-order valence-corrected chi connectivity index (χ2v) is 5.12. The Bertz CT molecular complexity index is 838. The maximum Gasteiger partial charge on any atom is 0.0998 e. The van der Waals surface area contributed by atoms with Crippen LogP contribution >= 0.6 is 0 Å². The van der Waals surface area contributed by atoms with E-state index in [4.69, 9.17) is 0 Å². The predicted octanol–water partition coefficient (Wildman–Crippen LogP) is 3.93. The van der Waals surface area contributed by atoms with Crippen LogP contribution in [-0.4, -0.2) is 9.78 Å². The summed E-state index contributed by atoms with van der Waals surface area (Å²) >= 11 is 0. The van der Waals surface area contributed by atoms with Crippen molar-refractivity contribution in [3.05, 3.63) is 65.9 Å².